The standard InChI is InChI=1S/C20H17Cl2NO5/c21-16-6-3-14(11-17(16)22)9-10-27-15-4-1-13(2-5-15)12-20(26)28-23-18(24)7-8-19(23)25/h1-6,11H,7-10,12H2. The normalized spacial score (nSPS) is 13.7. The zero-order chi connectivity index (χ0) is 20.1. The molecule has 146 valence electrons. The van der Waals surface area contributed by atoms with Crippen LogP contribution < -0.4 is 4.74 Å². The number of imide groups is 1. The Kier molecular flexibility index (Phi) is 6.54. The van der Waals surface area contributed by atoms with E-state index in [-0.39, 0.29) is 19.3 Å². The van der Waals surface area contributed by atoms with Crippen molar-refractivity contribution in [1.29, 1.82) is 0 Å². The number of nitrogens with zero attached hydrogens (tertiary/aromatic N) is 1. The van der Waals surface area contributed by atoms with E-state index in [4.69, 9.17) is 32.8 Å². The van der Waals surface area contributed by atoms with Gasteiger partial charge in [0.2, 0.25) is 0 Å². The number of rotatable bonds is 7. The van der Waals surface area contributed by atoms with Gasteiger partial charge >= 0.3 is 5.97 Å². The van der Waals surface area contributed by atoms with Gasteiger partial charge in [-0.05, 0) is 35.4 Å². The summed E-state index contributed by atoms with van der Waals surface area (Å²) in [4.78, 5) is 39.7. The van der Waals surface area contributed by atoms with Gasteiger partial charge in [0.25, 0.3) is 11.8 Å². The topological polar surface area (TPSA) is 72.9 Å². The van der Waals surface area contributed by atoms with Crippen LogP contribution in [0.4, 0.5) is 0 Å². The highest BCUT2D eigenvalue weighted by Gasteiger charge is 2.32. The molecule has 1 aliphatic rings. The van der Waals surface area contributed by atoms with Gasteiger partial charge in [-0.1, -0.05) is 41.4 Å². The molecule has 1 aliphatic heterocycles. The lowest BCUT2D eigenvalue weighted by Crippen LogP contribution is -2.32. The Bertz CT molecular complexity index is 882. The summed E-state index contributed by atoms with van der Waals surface area (Å²) in [5.41, 5.74) is 1.70. The predicted octanol–water partition coefficient (Wildman–Crippen LogP) is 3.76. The van der Waals surface area contributed by atoms with Gasteiger partial charge in [-0.25, -0.2) is 4.79 Å². The molecule has 0 unspecified atom stereocenters. The van der Waals surface area contributed by atoms with Crippen molar-refractivity contribution in [2.75, 3.05) is 6.61 Å². The lowest BCUT2D eigenvalue weighted by Gasteiger charge is -2.12. The summed E-state index contributed by atoms with van der Waals surface area (Å²) < 4.78 is 5.69. The highest BCUT2D eigenvalue weighted by Crippen LogP contribution is 2.23. The van der Waals surface area contributed by atoms with Crippen molar-refractivity contribution in [2.45, 2.75) is 25.7 Å². The van der Waals surface area contributed by atoms with Gasteiger partial charge in [0.15, 0.2) is 0 Å². The average molecular weight is 422 g/mol. The van der Waals surface area contributed by atoms with Crippen LogP contribution in [0.5, 0.6) is 5.75 Å². The van der Waals surface area contributed by atoms with Crippen molar-refractivity contribution in [1.82, 2.24) is 5.06 Å². The third-order valence-corrected chi connectivity index (χ3v) is 4.85. The molecule has 0 radical (unpaired) electrons. The molecular formula is C20H17Cl2NO5. The highest BCUT2D eigenvalue weighted by molar-refractivity contribution is 6.42. The zero-order valence-corrected chi connectivity index (χ0v) is 16.3. The molecule has 2 aromatic rings. The van der Waals surface area contributed by atoms with E-state index in [9.17, 15) is 14.4 Å². The molecule has 0 saturated carbocycles. The summed E-state index contributed by atoms with van der Waals surface area (Å²) in [6.07, 6.45) is 0.754. The first-order valence-electron chi connectivity index (χ1n) is 8.64. The van der Waals surface area contributed by atoms with E-state index >= 15 is 0 Å². The third kappa shape index (κ3) is 5.24. The highest BCUT2D eigenvalue weighted by atomic mass is 35.5. The van der Waals surface area contributed by atoms with Crippen LogP contribution in [0.25, 0.3) is 0 Å². The first kappa shape index (κ1) is 20.2. The van der Waals surface area contributed by atoms with E-state index in [1.54, 1.807) is 36.4 Å². The van der Waals surface area contributed by atoms with E-state index in [1.165, 1.54) is 0 Å². The second-order valence-corrected chi connectivity index (χ2v) is 7.03. The summed E-state index contributed by atoms with van der Waals surface area (Å²) >= 11 is 11.9. The molecular weight excluding hydrogens is 405 g/mol. The summed E-state index contributed by atoms with van der Waals surface area (Å²) in [5.74, 6) is -1.01. The molecule has 0 N–H and O–H groups in total. The van der Waals surface area contributed by atoms with Gasteiger partial charge in [0.1, 0.15) is 5.75 Å². The summed E-state index contributed by atoms with van der Waals surface area (Å²) in [6.45, 7) is 0.457. The molecule has 0 aromatic heterocycles. The molecule has 1 heterocycles. The molecule has 1 fully saturated rings. The van der Waals surface area contributed by atoms with Crippen LogP contribution >= 0.6 is 23.2 Å². The maximum atomic E-state index is 11.9. The number of carbonyl (C=O) groups excluding carboxylic acids is 3. The number of amides is 2. The van der Waals surface area contributed by atoms with E-state index in [0.717, 1.165) is 5.56 Å². The molecule has 0 aliphatic carbocycles. The lowest BCUT2D eigenvalue weighted by atomic mass is 10.1. The summed E-state index contributed by atoms with van der Waals surface area (Å²) in [6, 6.07) is 12.4. The zero-order valence-electron chi connectivity index (χ0n) is 14.8. The van der Waals surface area contributed by atoms with Crippen molar-refractivity contribution in [3.05, 3.63) is 63.6 Å². The van der Waals surface area contributed by atoms with E-state index in [2.05, 4.69) is 0 Å². The van der Waals surface area contributed by atoms with Gasteiger partial charge in [-0.2, -0.15) is 0 Å². The Hall–Kier alpha value is -2.57. The molecule has 6 nitrogen and oxygen atoms in total. The van der Waals surface area contributed by atoms with Crippen molar-refractivity contribution >= 4 is 41.0 Å². The number of halogens is 2. The van der Waals surface area contributed by atoms with Crippen LogP contribution in [0.2, 0.25) is 10.0 Å². The fourth-order valence-corrected chi connectivity index (χ4v) is 2.96. The molecule has 2 aromatic carbocycles. The number of hydrogen-bond acceptors (Lipinski definition) is 5. The van der Waals surface area contributed by atoms with Crippen LogP contribution in [-0.2, 0) is 32.1 Å². The third-order valence-electron chi connectivity index (χ3n) is 4.11. The van der Waals surface area contributed by atoms with E-state index in [0.29, 0.717) is 39.4 Å². The van der Waals surface area contributed by atoms with Crippen molar-refractivity contribution in [3.63, 3.8) is 0 Å². The minimum absolute atomic E-state index is 0.0549. The first-order chi connectivity index (χ1) is 13.4. The Morgan fingerprint density at radius 3 is 2.21 bits per heavy atom. The van der Waals surface area contributed by atoms with E-state index < -0.39 is 17.8 Å². The largest absolute Gasteiger partial charge is 0.493 e. The molecule has 0 bridgehead atoms. The number of benzene rings is 2. The molecule has 28 heavy (non-hydrogen) atoms. The monoisotopic (exact) mass is 421 g/mol. The molecule has 2 amide bonds. The average Bonchev–Trinajstić information content (AvgIpc) is 2.98. The van der Waals surface area contributed by atoms with Gasteiger partial charge < -0.3 is 9.57 Å². The SMILES string of the molecule is O=C(Cc1ccc(OCCc2ccc(Cl)c(Cl)c2)cc1)ON1C(=O)CCC1=O. The van der Waals surface area contributed by atoms with Crippen LogP contribution in [0.1, 0.15) is 24.0 Å². The Labute approximate surface area is 171 Å². The molecule has 0 spiro atoms. The second-order valence-electron chi connectivity index (χ2n) is 6.21. The van der Waals surface area contributed by atoms with Gasteiger partial charge in [0, 0.05) is 19.3 Å². The fraction of sp³-hybridized carbons (Fsp3) is 0.250. The number of carbonyl (C=O) groups is 3. The molecule has 8 heteroatoms. The minimum atomic E-state index is -0.670. The van der Waals surface area contributed by atoms with E-state index in [1.807, 2.05) is 6.07 Å². The number of ether oxygens (including phenoxy) is 1. The maximum Gasteiger partial charge on any atom is 0.337 e. The van der Waals surface area contributed by atoms with Crippen molar-refractivity contribution in [3.8, 4) is 5.75 Å². The lowest BCUT2D eigenvalue weighted by molar-refractivity contribution is -0.197. The smallest absolute Gasteiger partial charge is 0.337 e. The van der Waals surface area contributed by atoms with Gasteiger partial charge in [-0.15, -0.1) is 5.06 Å². The fourth-order valence-electron chi connectivity index (χ4n) is 2.64. The molecule has 0 atom stereocenters. The quantitative estimate of drug-likeness (QED) is 0.636. The van der Waals surface area contributed by atoms with Crippen LogP contribution in [0, 0.1) is 0 Å². The van der Waals surface area contributed by atoms with Crippen LogP contribution in [-0.4, -0.2) is 29.5 Å². The number of hydrogen-bond donors (Lipinski definition) is 0. The maximum absolute atomic E-state index is 11.9. The Morgan fingerprint density at radius 2 is 1.57 bits per heavy atom. The Balaban J connectivity index is 1.46. The Morgan fingerprint density at radius 1 is 0.929 bits per heavy atom. The van der Waals surface area contributed by atoms with Crippen molar-refractivity contribution < 1.29 is 24.0 Å². The van der Waals surface area contributed by atoms with Gasteiger partial charge in [-0.3, -0.25) is 9.59 Å². The van der Waals surface area contributed by atoms with Crippen molar-refractivity contribution in [2.24, 2.45) is 0 Å². The van der Waals surface area contributed by atoms with Crippen LogP contribution in [0.15, 0.2) is 42.5 Å². The molecule has 1 saturated heterocycles. The van der Waals surface area contributed by atoms with Gasteiger partial charge in [0.05, 0.1) is 23.1 Å². The number of hydroxylamine groups is 2. The summed E-state index contributed by atoms with van der Waals surface area (Å²) in [7, 11) is 0. The van der Waals surface area contributed by atoms with Crippen LogP contribution in [0.3, 0.4) is 0 Å². The minimum Gasteiger partial charge on any atom is -0.493 e. The predicted molar refractivity (Wildman–Crippen MR) is 103 cm³/mol. The second kappa shape index (κ2) is 9.08. The molecule has 3 rings (SSSR count). The summed E-state index contributed by atoms with van der Waals surface area (Å²) in [5, 5.41) is 1.56. The first-order valence-corrected chi connectivity index (χ1v) is 9.40.